The summed E-state index contributed by atoms with van der Waals surface area (Å²) in [5.41, 5.74) is 2.46. The highest BCUT2D eigenvalue weighted by atomic mass is 16.5. The van der Waals surface area contributed by atoms with Crippen molar-refractivity contribution in [1.82, 2.24) is 25.0 Å². The quantitative estimate of drug-likeness (QED) is 0.485. The molecule has 0 aliphatic heterocycles. The fraction of sp³-hybridized carbons (Fsp3) is 0.182. The number of rotatable bonds is 8. The van der Waals surface area contributed by atoms with Crippen LogP contribution in [-0.2, 0) is 13.1 Å². The van der Waals surface area contributed by atoms with Crippen molar-refractivity contribution in [3.63, 3.8) is 0 Å². The Morgan fingerprint density at radius 3 is 2.63 bits per heavy atom. The predicted molar refractivity (Wildman–Crippen MR) is 110 cm³/mol. The van der Waals surface area contributed by atoms with Gasteiger partial charge in [0, 0.05) is 30.1 Å². The van der Waals surface area contributed by atoms with Crippen molar-refractivity contribution < 1.29 is 14.1 Å². The molecule has 4 aromatic rings. The molecule has 0 saturated heterocycles. The Morgan fingerprint density at radius 2 is 1.93 bits per heavy atom. The molecule has 1 amide bonds. The van der Waals surface area contributed by atoms with E-state index in [1.807, 2.05) is 54.1 Å². The lowest BCUT2D eigenvalue weighted by Crippen LogP contribution is -2.22. The highest BCUT2D eigenvalue weighted by Gasteiger charge is 2.11. The summed E-state index contributed by atoms with van der Waals surface area (Å²) < 4.78 is 12.6. The molecular formula is C22H21N5O3. The standard InChI is InChI=1S/C22H21N5O3/c1-2-29-19-9-7-17(8-10-19)21-25-20(30-26-21)13-24-22(28)18-5-3-16(4-6-18)14-27-12-11-23-15-27/h3-12,15H,2,13-14H2,1H3,(H,24,28). The molecule has 0 bridgehead atoms. The molecular weight excluding hydrogens is 382 g/mol. The maximum Gasteiger partial charge on any atom is 0.251 e. The van der Waals surface area contributed by atoms with E-state index in [2.05, 4.69) is 20.4 Å². The van der Waals surface area contributed by atoms with Crippen LogP contribution in [0.4, 0.5) is 0 Å². The molecule has 2 heterocycles. The summed E-state index contributed by atoms with van der Waals surface area (Å²) in [5.74, 6) is 1.38. The van der Waals surface area contributed by atoms with Crippen molar-refractivity contribution in [3.05, 3.63) is 84.3 Å². The molecule has 0 aliphatic rings. The van der Waals surface area contributed by atoms with E-state index >= 15 is 0 Å². The van der Waals surface area contributed by atoms with Crippen LogP contribution in [0.3, 0.4) is 0 Å². The van der Waals surface area contributed by atoms with E-state index < -0.39 is 0 Å². The third-order valence-corrected chi connectivity index (χ3v) is 4.43. The number of amides is 1. The Kier molecular flexibility index (Phi) is 5.84. The minimum absolute atomic E-state index is 0.152. The summed E-state index contributed by atoms with van der Waals surface area (Å²) in [7, 11) is 0. The zero-order valence-corrected chi connectivity index (χ0v) is 16.5. The monoisotopic (exact) mass is 403 g/mol. The van der Waals surface area contributed by atoms with Gasteiger partial charge in [0.1, 0.15) is 5.75 Å². The number of carbonyl (C=O) groups excluding carboxylic acids is 1. The van der Waals surface area contributed by atoms with Crippen LogP contribution >= 0.6 is 0 Å². The van der Waals surface area contributed by atoms with Crippen LogP contribution in [-0.4, -0.2) is 32.2 Å². The molecule has 0 unspecified atom stereocenters. The first-order valence-electron chi connectivity index (χ1n) is 9.60. The smallest absolute Gasteiger partial charge is 0.251 e. The number of aromatic nitrogens is 4. The molecule has 2 aromatic heterocycles. The van der Waals surface area contributed by atoms with E-state index in [9.17, 15) is 4.79 Å². The minimum Gasteiger partial charge on any atom is -0.494 e. The fourth-order valence-electron chi connectivity index (χ4n) is 2.92. The Labute approximate surface area is 173 Å². The van der Waals surface area contributed by atoms with Crippen molar-refractivity contribution in [2.75, 3.05) is 6.61 Å². The molecule has 0 radical (unpaired) electrons. The molecule has 0 aliphatic carbocycles. The summed E-state index contributed by atoms with van der Waals surface area (Å²) >= 11 is 0. The molecule has 1 N–H and O–H groups in total. The van der Waals surface area contributed by atoms with Crippen LogP contribution in [0, 0.1) is 0 Å². The van der Waals surface area contributed by atoms with E-state index in [1.165, 1.54) is 0 Å². The van der Waals surface area contributed by atoms with Crippen molar-refractivity contribution in [2.45, 2.75) is 20.0 Å². The van der Waals surface area contributed by atoms with Gasteiger partial charge in [-0.2, -0.15) is 4.98 Å². The largest absolute Gasteiger partial charge is 0.494 e. The van der Waals surface area contributed by atoms with Gasteiger partial charge in [-0.05, 0) is 48.9 Å². The SMILES string of the molecule is CCOc1ccc(-c2noc(CNC(=O)c3ccc(Cn4ccnc4)cc3)n2)cc1. The Balaban J connectivity index is 1.32. The molecule has 4 rings (SSSR count). The lowest BCUT2D eigenvalue weighted by molar-refractivity contribution is 0.0946. The number of ether oxygens (including phenoxy) is 1. The first-order valence-corrected chi connectivity index (χ1v) is 9.60. The van der Waals surface area contributed by atoms with Gasteiger partial charge < -0.3 is 19.1 Å². The molecule has 0 spiro atoms. The number of benzene rings is 2. The second-order valence-corrected chi connectivity index (χ2v) is 6.58. The van der Waals surface area contributed by atoms with Gasteiger partial charge in [0.2, 0.25) is 11.7 Å². The molecule has 8 heteroatoms. The zero-order chi connectivity index (χ0) is 20.8. The molecule has 2 aromatic carbocycles. The minimum atomic E-state index is -0.204. The Bertz CT molecular complexity index is 1090. The second kappa shape index (κ2) is 9.04. The van der Waals surface area contributed by atoms with Crippen molar-refractivity contribution in [2.24, 2.45) is 0 Å². The lowest BCUT2D eigenvalue weighted by Gasteiger charge is -2.05. The average molecular weight is 403 g/mol. The maximum absolute atomic E-state index is 12.4. The average Bonchev–Trinajstić information content (AvgIpc) is 3.46. The molecule has 152 valence electrons. The number of hydrogen-bond acceptors (Lipinski definition) is 6. The topological polar surface area (TPSA) is 95.1 Å². The maximum atomic E-state index is 12.4. The van der Waals surface area contributed by atoms with E-state index in [1.54, 1.807) is 24.7 Å². The van der Waals surface area contributed by atoms with Crippen molar-refractivity contribution >= 4 is 5.91 Å². The van der Waals surface area contributed by atoms with E-state index in [4.69, 9.17) is 9.26 Å². The third-order valence-electron chi connectivity index (χ3n) is 4.43. The molecule has 0 fully saturated rings. The van der Waals surface area contributed by atoms with E-state index in [-0.39, 0.29) is 12.5 Å². The third kappa shape index (κ3) is 4.72. The summed E-state index contributed by atoms with van der Waals surface area (Å²) in [4.78, 5) is 20.8. The molecule has 8 nitrogen and oxygen atoms in total. The van der Waals surface area contributed by atoms with Gasteiger partial charge in [-0.1, -0.05) is 17.3 Å². The van der Waals surface area contributed by atoms with Crippen LogP contribution in [0.5, 0.6) is 5.75 Å². The summed E-state index contributed by atoms with van der Waals surface area (Å²) in [5, 5.41) is 6.77. The normalized spacial score (nSPS) is 10.7. The Morgan fingerprint density at radius 1 is 1.13 bits per heavy atom. The Hall–Kier alpha value is -3.94. The van der Waals surface area contributed by atoms with Crippen molar-refractivity contribution in [3.8, 4) is 17.1 Å². The molecule has 0 saturated carbocycles. The highest BCUT2D eigenvalue weighted by molar-refractivity contribution is 5.94. The first-order chi connectivity index (χ1) is 14.7. The summed E-state index contributed by atoms with van der Waals surface area (Å²) in [6.45, 7) is 3.40. The van der Waals surface area contributed by atoms with Gasteiger partial charge >= 0.3 is 0 Å². The van der Waals surface area contributed by atoms with Gasteiger partial charge in [0.15, 0.2) is 0 Å². The number of nitrogens with one attached hydrogen (secondary N) is 1. The van der Waals surface area contributed by atoms with Crippen molar-refractivity contribution in [1.29, 1.82) is 0 Å². The van der Waals surface area contributed by atoms with Gasteiger partial charge in [0.05, 0.1) is 19.5 Å². The van der Waals surface area contributed by atoms with Crippen LogP contribution in [0.25, 0.3) is 11.4 Å². The van der Waals surface area contributed by atoms with E-state index in [0.717, 1.165) is 16.9 Å². The number of hydrogen-bond donors (Lipinski definition) is 1. The summed E-state index contributed by atoms with van der Waals surface area (Å²) in [6, 6.07) is 14.9. The lowest BCUT2D eigenvalue weighted by atomic mass is 10.1. The van der Waals surface area contributed by atoms with Gasteiger partial charge in [-0.25, -0.2) is 4.98 Å². The van der Waals surface area contributed by atoms with Gasteiger partial charge in [0.25, 0.3) is 5.91 Å². The van der Waals surface area contributed by atoms with Crippen LogP contribution < -0.4 is 10.1 Å². The number of nitrogens with zero attached hydrogens (tertiary/aromatic N) is 4. The van der Waals surface area contributed by atoms with Crippen LogP contribution in [0.15, 0.2) is 71.8 Å². The summed E-state index contributed by atoms with van der Waals surface area (Å²) in [6.07, 6.45) is 5.39. The predicted octanol–water partition coefficient (Wildman–Crippen LogP) is 3.31. The second-order valence-electron chi connectivity index (χ2n) is 6.58. The first kappa shape index (κ1) is 19.4. The van der Waals surface area contributed by atoms with Gasteiger partial charge in [-0.3, -0.25) is 4.79 Å². The van der Waals surface area contributed by atoms with Crippen LogP contribution in [0.1, 0.15) is 28.7 Å². The van der Waals surface area contributed by atoms with Crippen LogP contribution in [0.2, 0.25) is 0 Å². The van der Waals surface area contributed by atoms with Gasteiger partial charge in [-0.15, -0.1) is 0 Å². The number of imidazole rings is 1. The fourth-order valence-corrected chi connectivity index (χ4v) is 2.92. The number of carbonyl (C=O) groups is 1. The molecule has 30 heavy (non-hydrogen) atoms. The molecule has 0 atom stereocenters. The zero-order valence-electron chi connectivity index (χ0n) is 16.5. The highest BCUT2D eigenvalue weighted by Crippen LogP contribution is 2.20. The van der Waals surface area contributed by atoms with E-state index in [0.29, 0.717) is 30.4 Å².